The highest BCUT2D eigenvalue weighted by molar-refractivity contribution is 5.95. The van der Waals surface area contributed by atoms with Crippen LogP contribution in [0.2, 0.25) is 0 Å². The molecule has 1 rings (SSSR count). The zero-order chi connectivity index (χ0) is 14.8. The van der Waals surface area contributed by atoms with Gasteiger partial charge in [0.2, 0.25) is 0 Å². The van der Waals surface area contributed by atoms with E-state index in [1.54, 1.807) is 6.07 Å². The largest absolute Gasteiger partial charge is 0.466 e. The fourth-order valence-electron chi connectivity index (χ4n) is 1.81. The van der Waals surface area contributed by atoms with Crippen LogP contribution < -0.4 is 5.32 Å². The molecule has 0 spiro atoms. The molecule has 0 aromatic heterocycles. The van der Waals surface area contributed by atoms with E-state index in [0.29, 0.717) is 18.7 Å². The number of aryl methyl sites for hydroxylation is 1. The van der Waals surface area contributed by atoms with Gasteiger partial charge < -0.3 is 10.1 Å². The summed E-state index contributed by atoms with van der Waals surface area (Å²) in [6.07, 6.45) is 3.28. The minimum Gasteiger partial charge on any atom is -0.466 e. The third kappa shape index (κ3) is 5.87. The van der Waals surface area contributed by atoms with Crippen LogP contribution in [0.3, 0.4) is 0 Å². The molecule has 0 bridgehead atoms. The molecule has 0 unspecified atom stereocenters. The lowest BCUT2D eigenvalue weighted by Gasteiger charge is -2.07. The Bertz CT molecular complexity index is 443. The van der Waals surface area contributed by atoms with E-state index in [0.717, 1.165) is 24.8 Å². The van der Waals surface area contributed by atoms with Crippen LogP contribution in [0.4, 0.5) is 0 Å². The molecule has 0 atom stereocenters. The predicted molar refractivity (Wildman–Crippen MR) is 78.6 cm³/mol. The summed E-state index contributed by atoms with van der Waals surface area (Å²) in [5.74, 6) is -0.409. The van der Waals surface area contributed by atoms with Gasteiger partial charge in [0, 0.05) is 12.1 Å². The maximum absolute atomic E-state index is 11.9. The SMILES string of the molecule is CCCCCOC(=O)CCNC(=O)c1ccccc1C. The summed E-state index contributed by atoms with van der Waals surface area (Å²) in [5.41, 5.74) is 1.57. The topological polar surface area (TPSA) is 55.4 Å². The predicted octanol–water partition coefficient (Wildman–Crippen LogP) is 2.85. The lowest BCUT2D eigenvalue weighted by molar-refractivity contribution is -0.143. The molecule has 0 saturated heterocycles. The fourth-order valence-corrected chi connectivity index (χ4v) is 1.81. The second-order valence-electron chi connectivity index (χ2n) is 4.75. The van der Waals surface area contributed by atoms with Gasteiger partial charge in [0.1, 0.15) is 0 Å². The zero-order valence-corrected chi connectivity index (χ0v) is 12.3. The number of unbranched alkanes of at least 4 members (excludes halogenated alkanes) is 2. The fraction of sp³-hybridized carbons (Fsp3) is 0.500. The Hall–Kier alpha value is -1.84. The van der Waals surface area contributed by atoms with E-state index in [2.05, 4.69) is 12.2 Å². The summed E-state index contributed by atoms with van der Waals surface area (Å²) in [6, 6.07) is 7.37. The van der Waals surface area contributed by atoms with Gasteiger partial charge in [-0.05, 0) is 25.0 Å². The molecule has 4 nitrogen and oxygen atoms in total. The highest BCUT2D eigenvalue weighted by Crippen LogP contribution is 2.06. The number of nitrogens with one attached hydrogen (secondary N) is 1. The van der Waals surface area contributed by atoms with Crippen LogP contribution in [0.1, 0.15) is 48.5 Å². The van der Waals surface area contributed by atoms with Crippen molar-refractivity contribution in [1.82, 2.24) is 5.32 Å². The van der Waals surface area contributed by atoms with Crippen molar-refractivity contribution in [3.63, 3.8) is 0 Å². The van der Waals surface area contributed by atoms with Crippen molar-refractivity contribution in [2.75, 3.05) is 13.2 Å². The van der Waals surface area contributed by atoms with Crippen LogP contribution in [-0.2, 0) is 9.53 Å². The average molecular weight is 277 g/mol. The van der Waals surface area contributed by atoms with Gasteiger partial charge in [0.15, 0.2) is 0 Å². The zero-order valence-electron chi connectivity index (χ0n) is 12.3. The molecule has 0 saturated carbocycles. The molecule has 1 amide bonds. The van der Waals surface area contributed by atoms with E-state index in [1.165, 1.54) is 0 Å². The first-order valence-electron chi connectivity index (χ1n) is 7.14. The first kappa shape index (κ1) is 16.2. The van der Waals surface area contributed by atoms with Crippen molar-refractivity contribution in [3.05, 3.63) is 35.4 Å². The van der Waals surface area contributed by atoms with Crippen molar-refractivity contribution in [1.29, 1.82) is 0 Å². The lowest BCUT2D eigenvalue weighted by atomic mass is 10.1. The molecule has 0 aliphatic carbocycles. The van der Waals surface area contributed by atoms with E-state index in [4.69, 9.17) is 4.74 Å². The van der Waals surface area contributed by atoms with E-state index >= 15 is 0 Å². The van der Waals surface area contributed by atoms with Gasteiger partial charge in [-0.3, -0.25) is 9.59 Å². The molecule has 0 heterocycles. The second kappa shape index (κ2) is 9.13. The summed E-state index contributed by atoms with van der Waals surface area (Å²) in [5, 5.41) is 2.73. The van der Waals surface area contributed by atoms with Crippen LogP contribution in [0.25, 0.3) is 0 Å². The summed E-state index contributed by atoms with van der Waals surface area (Å²) >= 11 is 0. The van der Waals surface area contributed by atoms with Crippen LogP contribution in [-0.4, -0.2) is 25.0 Å². The van der Waals surface area contributed by atoms with Crippen LogP contribution in [0.5, 0.6) is 0 Å². The molecule has 1 aromatic rings. The number of carbonyl (C=O) groups is 2. The second-order valence-corrected chi connectivity index (χ2v) is 4.75. The molecule has 110 valence electrons. The van der Waals surface area contributed by atoms with Gasteiger partial charge in [-0.15, -0.1) is 0 Å². The molecule has 0 fully saturated rings. The maximum Gasteiger partial charge on any atom is 0.307 e. The van der Waals surface area contributed by atoms with Gasteiger partial charge in [0.05, 0.1) is 13.0 Å². The molecule has 0 radical (unpaired) electrons. The quantitative estimate of drug-likeness (QED) is 0.587. The lowest BCUT2D eigenvalue weighted by Crippen LogP contribution is -2.27. The number of hydrogen-bond donors (Lipinski definition) is 1. The standard InChI is InChI=1S/C16H23NO3/c1-3-4-7-12-20-15(18)10-11-17-16(19)14-9-6-5-8-13(14)2/h5-6,8-9H,3-4,7,10-12H2,1-2H3,(H,17,19). The summed E-state index contributed by atoms with van der Waals surface area (Å²) < 4.78 is 5.07. The highest BCUT2D eigenvalue weighted by Gasteiger charge is 2.08. The molecular formula is C16H23NO3. The Morgan fingerprint density at radius 2 is 1.95 bits per heavy atom. The van der Waals surface area contributed by atoms with E-state index in [1.807, 2.05) is 25.1 Å². The molecule has 20 heavy (non-hydrogen) atoms. The number of esters is 1. The first-order valence-corrected chi connectivity index (χ1v) is 7.14. The van der Waals surface area contributed by atoms with Gasteiger partial charge in [-0.1, -0.05) is 38.0 Å². The minimum absolute atomic E-state index is 0.151. The molecule has 1 N–H and O–H groups in total. The van der Waals surface area contributed by atoms with Gasteiger partial charge >= 0.3 is 5.97 Å². The van der Waals surface area contributed by atoms with Crippen LogP contribution in [0, 0.1) is 6.92 Å². The molecule has 0 aliphatic heterocycles. The van der Waals surface area contributed by atoms with Crippen molar-refractivity contribution in [3.8, 4) is 0 Å². The first-order chi connectivity index (χ1) is 9.65. The maximum atomic E-state index is 11.9. The third-order valence-corrected chi connectivity index (χ3v) is 3.02. The van der Waals surface area contributed by atoms with Gasteiger partial charge in [-0.25, -0.2) is 0 Å². The third-order valence-electron chi connectivity index (χ3n) is 3.02. The Morgan fingerprint density at radius 3 is 2.65 bits per heavy atom. The number of benzene rings is 1. The molecule has 0 aliphatic rings. The number of hydrogen-bond acceptors (Lipinski definition) is 3. The number of ether oxygens (including phenoxy) is 1. The Labute approximate surface area is 120 Å². The molecule has 1 aromatic carbocycles. The van der Waals surface area contributed by atoms with Crippen LogP contribution in [0.15, 0.2) is 24.3 Å². The van der Waals surface area contributed by atoms with Gasteiger partial charge in [0.25, 0.3) is 5.91 Å². The smallest absolute Gasteiger partial charge is 0.307 e. The number of amides is 1. The Kier molecular flexibility index (Phi) is 7.40. The Morgan fingerprint density at radius 1 is 1.20 bits per heavy atom. The van der Waals surface area contributed by atoms with E-state index in [-0.39, 0.29) is 18.3 Å². The minimum atomic E-state index is -0.258. The molecular weight excluding hydrogens is 254 g/mol. The monoisotopic (exact) mass is 277 g/mol. The van der Waals surface area contributed by atoms with Crippen LogP contribution >= 0.6 is 0 Å². The Balaban J connectivity index is 2.22. The highest BCUT2D eigenvalue weighted by atomic mass is 16.5. The van der Waals surface area contributed by atoms with Crippen molar-refractivity contribution < 1.29 is 14.3 Å². The van der Waals surface area contributed by atoms with Gasteiger partial charge in [-0.2, -0.15) is 0 Å². The van der Waals surface area contributed by atoms with E-state index < -0.39 is 0 Å². The summed E-state index contributed by atoms with van der Waals surface area (Å²) in [7, 11) is 0. The average Bonchev–Trinajstić information content (AvgIpc) is 2.44. The van der Waals surface area contributed by atoms with Crippen molar-refractivity contribution >= 4 is 11.9 Å². The van der Waals surface area contributed by atoms with E-state index in [9.17, 15) is 9.59 Å². The summed E-state index contributed by atoms with van der Waals surface area (Å²) in [4.78, 5) is 23.3. The normalized spacial score (nSPS) is 10.1. The van der Waals surface area contributed by atoms with Crippen molar-refractivity contribution in [2.45, 2.75) is 39.5 Å². The number of carbonyl (C=O) groups excluding carboxylic acids is 2. The molecule has 4 heteroatoms. The summed E-state index contributed by atoms with van der Waals surface area (Å²) in [6.45, 7) is 4.76. The number of rotatable bonds is 8. The van der Waals surface area contributed by atoms with Crippen molar-refractivity contribution in [2.24, 2.45) is 0 Å².